The molecule has 0 atom stereocenters. The van der Waals surface area contributed by atoms with Gasteiger partial charge in [-0.15, -0.1) is 0 Å². The third-order valence-corrected chi connectivity index (χ3v) is 4.72. The minimum atomic E-state index is -3.58. The molecule has 6 heteroatoms. The molecule has 1 aliphatic carbocycles. The fourth-order valence-corrected chi connectivity index (χ4v) is 3.08. The van der Waals surface area contributed by atoms with Crippen LogP contribution in [0.5, 0.6) is 0 Å². The minimum Gasteiger partial charge on any atom is -0.200 e. The van der Waals surface area contributed by atoms with E-state index in [2.05, 4.69) is 9.93 Å². The molecular weight excluding hydrogens is 284 g/mol. The van der Waals surface area contributed by atoms with Crippen molar-refractivity contribution in [1.29, 1.82) is 0 Å². The maximum atomic E-state index is 11.9. The van der Waals surface area contributed by atoms with E-state index >= 15 is 0 Å². The summed E-state index contributed by atoms with van der Waals surface area (Å²) in [5.41, 5.74) is 0. The Morgan fingerprint density at radius 3 is 2.42 bits per heavy atom. The SMILES string of the molecule is O=S(=O)(N/N=C/C1CCCCC1)c1ccc(Cl)cc1. The fourth-order valence-electron chi connectivity index (χ4n) is 2.15. The van der Waals surface area contributed by atoms with Crippen LogP contribution in [-0.4, -0.2) is 14.6 Å². The first-order valence-electron chi connectivity index (χ1n) is 6.38. The van der Waals surface area contributed by atoms with E-state index in [1.807, 2.05) is 0 Å². The smallest absolute Gasteiger partial charge is 0.200 e. The summed E-state index contributed by atoms with van der Waals surface area (Å²) in [6.45, 7) is 0. The van der Waals surface area contributed by atoms with Gasteiger partial charge in [-0.3, -0.25) is 0 Å². The van der Waals surface area contributed by atoms with Crippen LogP contribution in [0.15, 0.2) is 34.3 Å². The van der Waals surface area contributed by atoms with Gasteiger partial charge in [-0.2, -0.15) is 13.5 Å². The van der Waals surface area contributed by atoms with Crippen LogP contribution in [0.2, 0.25) is 5.02 Å². The third-order valence-electron chi connectivity index (χ3n) is 3.23. The lowest BCUT2D eigenvalue weighted by molar-refractivity contribution is 0.444. The average molecular weight is 301 g/mol. The van der Waals surface area contributed by atoms with E-state index < -0.39 is 10.0 Å². The zero-order chi connectivity index (χ0) is 13.7. The van der Waals surface area contributed by atoms with Crippen molar-refractivity contribution in [3.8, 4) is 0 Å². The summed E-state index contributed by atoms with van der Waals surface area (Å²) in [6, 6.07) is 6.00. The van der Waals surface area contributed by atoms with Crippen LogP contribution in [0, 0.1) is 5.92 Å². The molecule has 19 heavy (non-hydrogen) atoms. The van der Waals surface area contributed by atoms with Crippen LogP contribution in [-0.2, 0) is 10.0 Å². The molecule has 0 spiro atoms. The first kappa shape index (κ1) is 14.3. The molecule has 1 aromatic carbocycles. The van der Waals surface area contributed by atoms with Gasteiger partial charge in [0.1, 0.15) is 0 Å². The Balaban J connectivity index is 1.97. The number of nitrogens with one attached hydrogen (secondary N) is 1. The van der Waals surface area contributed by atoms with Gasteiger partial charge in [0, 0.05) is 11.2 Å². The molecule has 0 amide bonds. The summed E-state index contributed by atoms with van der Waals surface area (Å²) in [6.07, 6.45) is 7.55. The van der Waals surface area contributed by atoms with Crippen molar-refractivity contribution in [3.63, 3.8) is 0 Å². The van der Waals surface area contributed by atoms with E-state index in [4.69, 9.17) is 11.6 Å². The van der Waals surface area contributed by atoms with E-state index in [1.54, 1.807) is 18.3 Å². The number of hydrogen-bond acceptors (Lipinski definition) is 3. The minimum absolute atomic E-state index is 0.165. The van der Waals surface area contributed by atoms with Gasteiger partial charge in [0.25, 0.3) is 10.0 Å². The molecule has 2 rings (SSSR count). The molecule has 4 nitrogen and oxygen atoms in total. The zero-order valence-corrected chi connectivity index (χ0v) is 12.1. The Morgan fingerprint density at radius 1 is 1.16 bits per heavy atom. The van der Waals surface area contributed by atoms with Crippen molar-refractivity contribution in [2.45, 2.75) is 37.0 Å². The predicted molar refractivity (Wildman–Crippen MR) is 76.8 cm³/mol. The van der Waals surface area contributed by atoms with Gasteiger partial charge >= 0.3 is 0 Å². The monoisotopic (exact) mass is 300 g/mol. The second-order valence-electron chi connectivity index (χ2n) is 4.72. The second-order valence-corrected chi connectivity index (χ2v) is 6.82. The standard InChI is InChI=1S/C13H17ClN2O2S/c14-12-6-8-13(9-7-12)19(17,18)16-15-10-11-4-2-1-3-5-11/h6-11,16H,1-5H2/b15-10+. The van der Waals surface area contributed by atoms with Crippen molar-refractivity contribution in [2.75, 3.05) is 0 Å². The number of nitrogens with zero attached hydrogens (tertiary/aromatic N) is 1. The largest absolute Gasteiger partial charge is 0.276 e. The first-order valence-corrected chi connectivity index (χ1v) is 8.24. The lowest BCUT2D eigenvalue weighted by atomic mass is 9.90. The van der Waals surface area contributed by atoms with Crippen LogP contribution < -0.4 is 4.83 Å². The molecule has 1 N–H and O–H groups in total. The van der Waals surface area contributed by atoms with E-state index in [1.165, 1.54) is 31.4 Å². The molecule has 1 aliphatic rings. The molecule has 0 heterocycles. The van der Waals surface area contributed by atoms with Gasteiger partial charge in [-0.1, -0.05) is 30.9 Å². The van der Waals surface area contributed by atoms with Gasteiger partial charge in [0.2, 0.25) is 0 Å². The maximum absolute atomic E-state index is 11.9. The highest BCUT2D eigenvalue weighted by molar-refractivity contribution is 7.89. The molecular formula is C13H17ClN2O2S. The Bertz CT molecular complexity index is 534. The topological polar surface area (TPSA) is 58.5 Å². The van der Waals surface area contributed by atoms with Crippen molar-refractivity contribution < 1.29 is 8.42 Å². The summed E-state index contributed by atoms with van der Waals surface area (Å²) in [7, 11) is -3.58. The van der Waals surface area contributed by atoms with Crippen LogP contribution in [0.1, 0.15) is 32.1 Å². The second kappa shape index (κ2) is 6.39. The van der Waals surface area contributed by atoms with E-state index in [-0.39, 0.29) is 4.90 Å². The molecule has 0 radical (unpaired) electrons. The van der Waals surface area contributed by atoms with Crippen LogP contribution in [0.3, 0.4) is 0 Å². The lowest BCUT2D eigenvalue weighted by Crippen LogP contribution is -2.19. The van der Waals surface area contributed by atoms with Gasteiger partial charge < -0.3 is 0 Å². The van der Waals surface area contributed by atoms with Gasteiger partial charge in [0.05, 0.1) is 4.90 Å². The maximum Gasteiger partial charge on any atom is 0.276 e. The van der Waals surface area contributed by atoms with E-state index in [0.29, 0.717) is 10.9 Å². The molecule has 1 fully saturated rings. The Labute approximate surface area is 118 Å². The van der Waals surface area contributed by atoms with Crippen molar-refractivity contribution in [3.05, 3.63) is 29.3 Å². The Kier molecular flexibility index (Phi) is 4.82. The molecule has 104 valence electrons. The number of hydrazone groups is 1. The molecule has 1 saturated carbocycles. The quantitative estimate of drug-likeness (QED) is 0.686. The van der Waals surface area contributed by atoms with Crippen molar-refractivity contribution in [2.24, 2.45) is 11.0 Å². The molecule has 0 saturated heterocycles. The number of hydrogen-bond donors (Lipinski definition) is 1. The molecule has 0 aliphatic heterocycles. The highest BCUT2D eigenvalue weighted by Gasteiger charge is 2.14. The van der Waals surface area contributed by atoms with Crippen LogP contribution in [0.4, 0.5) is 0 Å². The summed E-state index contributed by atoms with van der Waals surface area (Å²) < 4.78 is 23.8. The zero-order valence-electron chi connectivity index (χ0n) is 10.5. The number of sulfonamides is 1. The highest BCUT2D eigenvalue weighted by atomic mass is 35.5. The van der Waals surface area contributed by atoms with Crippen LogP contribution >= 0.6 is 11.6 Å². The van der Waals surface area contributed by atoms with Crippen molar-refractivity contribution in [1.82, 2.24) is 4.83 Å². The third kappa shape index (κ3) is 4.21. The van der Waals surface area contributed by atoms with Crippen LogP contribution in [0.25, 0.3) is 0 Å². The molecule has 0 unspecified atom stereocenters. The van der Waals surface area contributed by atoms with Gasteiger partial charge in [0.15, 0.2) is 0 Å². The summed E-state index contributed by atoms with van der Waals surface area (Å²) in [5.74, 6) is 0.390. The predicted octanol–water partition coefficient (Wildman–Crippen LogP) is 3.18. The Morgan fingerprint density at radius 2 is 1.79 bits per heavy atom. The molecule has 0 aromatic heterocycles. The number of benzene rings is 1. The summed E-state index contributed by atoms with van der Waals surface area (Å²) >= 11 is 5.72. The van der Waals surface area contributed by atoms with E-state index in [9.17, 15) is 8.42 Å². The highest BCUT2D eigenvalue weighted by Crippen LogP contribution is 2.21. The summed E-state index contributed by atoms with van der Waals surface area (Å²) in [4.78, 5) is 2.41. The number of rotatable bonds is 4. The fraction of sp³-hybridized carbons (Fsp3) is 0.462. The van der Waals surface area contributed by atoms with Gasteiger partial charge in [-0.05, 0) is 43.0 Å². The molecule has 0 bridgehead atoms. The van der Waals surface area contributed by atoms with Crippen molar-refractivity contribution >= 4 is 27.8 Å². The van der Waals surface area contributed by atoms with Gasteiger partial charge in [-0.25, -0.2) is 4.83 Å². The number of halogens is 1. The summed E-state index contributed by atoms with van der Waals surface area (Å²) in [5, 5.41) is 4.37. The van der Waals surface area contributed by atoms with E-state index in [0.717, 1.165) is 12.8 Å². The average Bonchev–Trinajstić information content (AvgIpc) is 2.40. The molecule has 1 aromatic rings. The normalized spacial score (nSPS) is 17.7. The lowest BCUT2D eigenvalue weighted by Gasteiger charge is -2.16. The first-order chi connectivity index (χ1) is 9.08. The Hall–Kier alpha value is -1.07.